The number of hydrogen-bond acceptors (Lipinski definition) is 8. The van der Waals surface area contributed by atoms with Crippen molar-refractivity contribution in [1.82, 2.24) is 20.4 Å². The number of rotatable bonds is 6. The van der Waals surface area contributed by atoms with E-state index in [1.54, 1.807) is 12.0 Å². The van der Waals surface area contributed by atoms with Crippen molar-refractivity contribution in [3.63, 3.8) is 0 Å². The average molecular weight is 635 g/mol. The van der Waals surface area contributed by atoms with Gasteiger partial charge in [0.15, 0.2) is 0 Å². The van der Waals surface area contributed by atoms with Crippen molar-refractivity contribution in [3.8, 4) is 5.75 Å². The minimum atomic E-state index is -1.72. The second-order valence-electron chi connectivity index (χ2n) is 12.7. The van der Waals surface area contributed by atoms with Gasteiger partial charge in [0.2, 0.25) is 11.8 Å². The van der Waals surface area contributed by atoms with Crippen molar-refractivity contribution < 1.29 is 33.9 Å². The molecule has 0 spiro atoms. The maximum atomic E-state index is 14.3. The second-order valence-corrected chi connectivity index (χ2v) is 12.7. The number of fused-ring (bicyclic) bond motifs is 2. The highest BCUT2D eigenvalue weighted by Crippen LogP contribution is 2.27. The Hall–Kier alpha value is -3.61. The lowest BCUT2D eigenvalue weighted by atomic mass is 9.76. The highest BCUT2D eigenvalue weighted by Gasteiger charge is 2.44. The van der Waals surface area contributed by atoms with Gasteiger partial charge in [0, 0.05) is 26.1 Å². The van der Waals surface area contributed by atoms with Gasteiger partial charge in [-0.25, -0.2) is 4.79 Å². The van der Waals surface area contributed by atoms with E-state index < -0.39 is 43.2 Å². The summed E-state index contributed by atoms with van der Waals surface area (Å²) in [7, 11) is -0.108. The fourth-order valence-corrected chi connectivity index (χ4v) is 6.72. The molecule has 11 nitrogen and oxygen atoms in total. The van der Waals surface area contributed by atoms with E-state index >= 15 is 0 Å². The maximum absolute atomic E-state index is 14.3. The van der Waals surface area contributed by atoms with Gasteiger partial charge in [-0.1, -0.05) is 81.3 Å². The van der Waals surface area contributed by atoms with Crippen LogP contribution in [0, 0.1) is 0 Å². The summed E-state index contributed by atoms with van der Waals surface area (Å²) in [6.07, 6.45) is 6.71. The van der Waals surface area contributed by atoms with Gasteiger partial charge in [0.25, 0.3) is 0 Å². The lowest BCUT2D eigenvalue weighted by Crippen LogP contribution is -2.56. The molecule has 3 aliphatic rings. The topological polar surface area (TPSA) is 141 Å². The zero-order valence-corrected chi connectivity index (χ0v) is 26.7. The highest BCUT2D eigenvalue weighted by atomic mass is 16.6. The van der Waals surface area contributed by atoms with Crippen LogP contribution in [0.4, 0.5) is 4.79 Å². The monoisotopic (exact) mass is 634 g/mol. The SMILES string of the molecule is COc1ccc(CN[C@H]2CCCCCCCCC[C@@H](B(O)O)NC(=O)[C@@H]3C[C@@H](OC(=O)N4Cc5ccccc5C4)CN3C2=O)cc1. The first-order chi connectivity index (χ1) is 22.3. The van der Waals surface area contributed by atoms with Crippen LogP contribution in [-0.2, 0) is 34.0 Å². The number of carbonyl (C=O) groups excluding carboxylic acids is 3. The van der Waals surface area contributed by atoms with Crippen LogP contribution in [-0.4, -0.2) is 82.7 Å². The molecule has 0 radical (unpaired) electrons. The van der Waals surface area contributed by atoms with Crippen molar-refractivity contribution in [1.29, 1.82) is 0 Å². The van der Waals surface area contributed by atoms with Crippen molar-refractivity contribution in [2.24, 2.45) is 0 Å². The first-order valence-corrected chi connectivity index (χ1v) is 16.7. The molecule has 248 valence electrons. The fraction of sp³-hybridized carbons (Fsp3) is 0.559. The molecule has 0 aromatic heterocycles. The number of nitrogens with one attached hydrogen (secondary N) is 2. The van der Waals surface area contributed by atoms with Gasteiger partial charge >= 0.3 is 13.2 Å². The Morgan fingerprint density at radius 1 is 0.935 bits per heavy atom. The van der Waals surface area contributed by atoms with Gasteiger partial charge in [-0.3, -0.25) is 14.5 Å². The Bertz CT molecular complexity index is 1300. The van der Waals surface area contributed by atoms with Gasteiger partial charge < -0.3 is 35.1 Å². The number of benzene rings is 2. The van der Waals surface area contributed by atoms with Gasteiger partial charge in [-0.05, 0) is 41.7 Å². The molecule has 0 bridgehead atoms. The molecule has 3 heterocycles. The number of methoxy groups -OCH3 is 1. The Morgan fingerprint density at radius 2 is 1.57 bits per heavy atom. The van der Waals surface area contributed by atoms with Gasteiger partial charge in [-0.15, -0.1) is 0 Å². The highest BCUT2D eigenvalue weighted by molar-refractivity contribution is 6.43. The first kappa shape index (κ1) is 33.7. The maximum Gasteiger partial charge on any atom is 0.475 e. The Labute approximate surface area is 271 Å². The summed E-state index contributed by atoms with van der Waals surface area (Å²) >= 11 is 0. The van der Waals surface area contributed by atoms with Crippen LogP contribution in [0.5, 0.6) is 5.75 Å². The minimum Gasteiger partial charge on any atom is -0.497 e. The molecule has 4 atom stereocenters. The minimum absolute atomic E-state index is 0.0799. The van der Waals surface area contributed by atoms with Crippen LogP contribution < -0.4 is 15.4 Å². The molecule has 2 saturated heterocycles. The van der Waals surface area contributed by atoms with E-state index in [9.17, 15) is 24.4 Å². The number of ether oxygens (including phenoxy) is 2. The lowest BCUT2D eigenvalue weighted by molar-refractivity contribution is -0.140. The lowest BCUT2D eigenvalue weighted by Gasteiger charge is -2.30. The van der Waals surface area contributed by atoms with Crippen LogP contribution >= 0.6 is 0 Å². The summed E-state index contributed by atoms with van der Waals surface area (Å²) < 4.78 is 11.2. The van der Waals surface area contributed by atoms with Gasteiger partial charge in [0.1, 0.15) is 17.9 Å². The van der Waals surface area contributed by atoms with E-state index in [0.29, 0.717) is 32.5 Å². The molecule has 0 aliphatic carbocycles. The fourth-order valence-electron chi connectivity index (χ4n) is 6.72. The van der Waals surface area contributed by atoms with Crippen molar-refractivity contribution in [2.75, 3.05) is 13.7 Å². The van der Waals surface area contributed by atoms with Crippen LogP contribution in [0.3, 0.4) is 0 Å². The second kappa shape index (κ2) is 16.3. The summed E-state index contributed by atoms with van der Waals surface area (Å²) in [5.41, 5.74) is 3.14. The normalized spacial score (nSPS) is 24.6. The number of carbonyl (C=O) groups is 3. The van der Waals surface area contributed by atoms with Crippen LogP contribution in [0.15, 0.2) is 48.5 Å². The Morgan fingerprint density at radius 3 is 2.20 bits per heavy atom. The molecule has 2 aromatic rings. The molecule has 0 unspecified atom stereocenters. The molecular weight excluding hydrogens is 587 g/mol. The largest absolute Gasteiger partial charge is 0.497 e. The predicted octanol–water partition coefficient (Wildman–Crippen LogP) is 3.30. The zero-order chi connectivity index (χ0) is 32.5. The summed E-state index contributed by atoms with van der Waals surface area (Å²) in [6, 6.07) is 14.1. The van der Waals surface area contributed by atoms with E-state index in [0.717, 1.165) is 67.4 Å². The Balaban J connectivity index is 1.33. The third-order valence-corrected chi connectivity index (χ3v) is 9.42. The van der Waals surface area contributed by atoms with Crippen molar-refractivity contribution in [2.45, 2.75) is 108 Å². The molecule has 0 saturated carbocycles. The third-order valence-electron chi connectivity index (χ3n) is 9.42. The zero-order valence-electron chi connectivity index (χ0n) is 26.7. The summed E-state index contributed by atoms with van der Waals surface area (Å²) in [5, 5.41) is 26.4. The van der Waals surface area contributed by atoms with Crippen LogP contribution in [0.25, 0.3) is 0 Å². The average Bonchev–Trinajstić information content (AvgIpc) is 3.69. The molecular formula is C34H47BN4O7. The third kappa shape index (κ3) is 8.80. The molecule has 3 aliphatic heterocycles. The number of hydrogen-bond donors (Lipinski definition) is 4. The predicted molar refractivity (Wildman–Crippen MR) is 173 cm³/mol. The first-order valence-electron chi connectivity index (χ1n) is 16.7. The van der Waals surface area contributed by atoms with E-state index in [1.807, 2.05) is 48.5 Å². The molecule has 2 fully saturated rings. The standard InChI is InChI=1S/C34H47BN4O7/c1-45-27-17-15-24(16-18-27)20-36-29-13-7-5-3-2-4-6-8-14-31(35(43)44)37-32(40)30-19-28(23-39(30)33(29)41)46-34(42)38-21-25-11-9-10-12-26(25)22-38/h9-12,15-18,28-31,36,43-44H,2-8,13-14,19-23H2,1H3,(H,37,40)/t28-,29+,30+,31+/m1/s1. The summed E-state index contributed by atoms with van der Waals surface area (Å²) in [5.74, 6) is -0.806. The van der Waals surface area contributed by atoms with Crippen molar-refractivity contribution in [3.05, 3.63) is 65.2 Å². The van der Waals surface area contributed by atoms with E-state index in [2.05, 4.69) is 10.6 Å². The quantitative estimate of drug-likeness (QED) is 0.355. The molecule has 2 aromatic carbocycles. The van der Waals surface area contributed by atoms with Crippen molar-refractivity contribution >= 4 is 25.0 Å². The summed E-state index contributed by atoms with van der Waals surface area (Å²) in [4.78, 5) is 44.4. The molecule has 4 N–H and O–H groups in total. The van der Waals surface area contributed by atoms with E-state index in [4.69, 9.17) is 9.47 Å². The number of amides is 3. The molecule has 12 heteroatoms. The molecule has 3 amide bonds. The van der Waals surface area contributed by atoms with Crippen LogP contribution in [0.2, 0.25) is 0 Å². The smallest absolute Gasteiger partial charge is 0.475 e. The van der Waals surface area contributed by atoms with Gasteiger partial charge in [0.05, 0.1) is 25.6 Å². The summed E-state index contributed by atoms with van der Waals surface area (Å²) in [6.45, 7) is 1.43. The Kier molecular flexibility index (Phi) is 12.0. The van der Waals surface area contributed by atoms with E-state index in [1.165, 1.54) is 4.90 Å². The van der Waals surface area contributed by atoms with Crippen LogP contribution in [0.1, 0.15) is 80.9 Å². The number of nitrogens with zero attached hydrogens (tertiary/aromatic N) is 2. The van der Waals surface area contributed by atoms with Gasteiger partial charge in [-0.2, -0.15) is 0 Å². The molecule has 46 heavy (non-hydrogen) atoms. The molecule has 5 rings (SSSR count). The van der Waals surface area contributed by atoms with E-state index in [-0.39, 0.29) is 18.9 Å².